The van der Waals surface area contributed by atoms with Crippen LogP contribution in [0.15, 0.2) is 60.7 Å². The number of nitrogens with one attached hydrogen (secondary N) is 3. The van der Waals surface area contributed by atoms with Crippen molar-refractivity contribution < 1.29 is 67.7 Å². The maximum atomic E-state index is 13.7. The molecule has 292 valence electrons. The Morgan fingerprint density at radius 3 is 2.11 bits per heavy atom. The van der Waals surface area contributed by atoms with Gasteiger partial charge in [0.1, 0.15) is 54.7 Å². The first-order valence-electron chi connectivity index (χ1n) is 17.6. The predicted octanol–water partition coefficient (Wildman–Crippen LogP) is -1.77. The second kappa shape index (κ2) is 16.9. The quantitative estimate of drug-likeness (QED) is 0.110. The second-order valence-electron chi connectivity index (χ2n) is 13.3. The third-order valence-corrected chi connectivity index (χ3v) is 9.51. The van der Waals surface area contributed by atoms with Crippen LogP contribution in [-0.2, 0) is 47.6 Å². The monoisotopic (exact) mass is 756 g/mol. The molecule has 0 spiro atoms. The van der Waals surface area contributed by atoms with Crippen LogP contribution in [0.5, 0.6) is 0 Å². The van der Waals surface area contributed by atoms with Crippen LogP contribution in [0.1, 0.15) is 43.0 Å². The van der Waals surface area contributed by atoms with Gasteiger partial charge in [-0.2, -0.15) is 0 Å². The van der Waals surface area contributed by atoms with E-state index in [1.807, 2.05) is 6.07 Å². The molecule has 0 bridgehead atoms. The van der Waals surface area contributed by atoms with E-state index in [0.717, 1.165) is 11.8 Å². The van der Waals surface area contributed by atoms with Crippen molar-refractivity contribution in [2.45, 2.75) is 100 Å². The van der Waals surface area contributed by atoms with Gasteiger partial charge < -0.3 is 64.6 Å². The molecule has 2 aromatic carbocycles. The van der Waals surface area contributed by atoms with E-state index >= 15 is 0 Å². The molecule has 0 aromatic heterocycles. The summed E-state index contributed by atoms with van der Waals surface area (Å²) in [5, 5.41) is 41.3. The molecule has 18 heteroatoms. The van der Waals surface area contributed by atoms with Gasteiger partial charge in [0, 0.05) is 25.0 Å². The smallest absolute Gasteiger partial charge is 0.331 e. The first-order chi connectivity index (χ1) is 25.9. The van der Waals surface area contributed by atoms with E-state index in [4.69, 9.17) is 28.4 Å². The van der Waals surface area contributed by atoms with Crippen LogP contribution in [0, 0.1) is 0 Å². The Kier molecular flexibility index (Phi) is 12.2. The fourth-order valence-electron chi connectivity index (χ4n) is 7.00. The van der Waals surface area contributed by atoms with Gasteiger partial charge in [0.25, 0.3) is 5.91 Å². The van der Waals surface area contributed by atoms with Crippen molar-refractivity contribution in [2.75, 3.05) is 19.8 Å². The number of ether oxygens (including phenoxy) is 6. The van der Waals surface area contributed by atoms with Crippen molar-refractivity contribution >= 4 is 29.6 Å². The number of aliphatic hydroxyl groups is 3. The van der Waals surface area contributed by atoms with Gasteiger partial charge in [-0.1, -0.05) is 48.5 Å². The van der Waals surface area contributed by atoms with Crippen LogP contribution in [0.4, 0.5) is 0 Å². The van der Waals surface area contributed by atoms with Crippen LogP contribution in [0.2, 0.25) is 0 Å². The average Bonchev–Trinajstić information content (AvgIpc) is 3.92. The molecule has 0 saturated carbocycles. The molecule has 2 aromatic rings. The summed E-state index contributed by atoms with van der Waals surface area (Å²) in [6.45, 7) is 3.15. The number of rotatable bonds is 11. The molecular formula is C36H44N4O14. The molecule has 4 aliphatic heterocycles. The molecule has 18 nitrogen and oxygen atoms in total. The lowest BCUT2D eigenvalue weighted by Crippen LogP contribution is -2.71. The fourth-order valence-corrected chi connectivity index (χ4v) is 7.00. The van der Waals surface area contributed by atoms with Gasteiger partial charge in [0.15, 0.2) is 24.8 Å². The Bertz CT molecular complexity index is 1670. The topological polar surface area (TPSA) is 241 Å². The SMILES string of the molecule is CCOC(=O)[C@@H]1[C@@H](C(=O)N[C@@H]2O[C@H](CO)[C@@H](O[C@@H]3O[C@@H]4COC(c5ccccc5)O[C@H]4[C@H](O)[C@H]3NC(C)=O)[C@H](O)[C@H]2NC(C)=O)N1C(=O)c1ccccc1. The third kappa shape index (κ3) is 8.25. The number of benzene rings is 2. The molecule has 6 rings (SSSR count). The first-order valence-corrected chi connectivity index (χ1v) is 17.6. The van der Waals surface area contributed by atoms with Crippen molar-refractivity contribution in [2.24, 2.45) is 0 Å². The zero-order valence-corrected chi connectivity index (χ0v) is 29.7. The molecule has 0 aliphatic carbocycles. The molecule has 6 N–H and O–H groups in total. The van der Waals surface area contributed by atoms with Gasteiger partial charge in [0.05, 0.1) is 19.8 Å². The number of carbonyl (C=O) groups excluding carboxylic acids is 5. The molecule has 54 heavy (non-hydrogen) atoms. The van der Waals surface area contributed by atoms with E-state index in [1.54, 1.807) is 49.4 Å². The number of aliphatic hydroxyl groups excluding tert-OH is 3. The molecule has 1 unspecified atom stereocenters. The van der Waals surface area contributed by atoms with Crippen LogP contribution >= 0.6 is 0 Å². The predicted molar refractivity (Wildman–Crippen MR) is 181 cm³/mol. The number of nitrogens with zero attached hydrogens (tertiary/aromatic N) is 1. The highest BCUT2D eigenvalue weighted by Crippen LogP contribution is 2.37. The number of amides is 4. The summed E-state index contributed by atoms with van der Waals surface area (Å²) in [4.78, 5) is 65.5. The summed E-state index contributed by atoms with van der Waals surface area (Å²) in [5.74, 6) is -3.44. The number of hydrogen-bond acceptors (Lipinski definition) is 14. The number of carbonyl (C=O) groups is 5. The molecule has 0 radical (unpaired) electrons. The minimum absolute atomic E-state index is 0.000665. The van der Waals surface area contributed by atoms with Crippen LogP contribution < -0.4 is 16.0 Å². The minimum Gasteiger partial charge on any atom is -0.464 e. The van der Waals surface area contributed by atoms with Gasteiger partial charge >= 0.3 is 5.97 Å². The normalized spacial score (nSPS) is 34.5. The maximum absolute atomic E-state index is 13.7. The number of hydrogen-bond donors (Lipinski definition) is 6. The Morgan fingerprint density at radius 1 is 0.833 bits per heavy atom. The van der Waals surface area contributed by atoms with E-state index in [9.17, 15) is 39.3 Å². The lowest BCUT2D eigenvalue weighted by molar-refractivity contribution is -0.360. The standard InChI is InChI=1S/C36H44N4O14/c1-4-49-34(48)26-25(40(26)33(47)19-11-7-5-8-12-19)31(46)39-32-23(37-17(2)42)27(44)29(21(15-41)51-32)54-36-24(38-18(3)43)28(45)30-22(52-36)16-50-35(53-30)20-13-9-6-10-14-20/h5-14,21-30,32,35-36,41,44-45H,4,15-16H2,1-3H3,(H,37,42)(H,38,43)(H,39,46)/t21-,22-,23-,24-,25+,26+,27-,28-,29-,30-,32-,35?,36+,40?/m1/s1. The van der Waals surface area contributed by atoms with Gasteiger partial charge in [-0.3, -0.25) is 19.2 Å². The summed E-state index contributed by atoms with van der Waals surface area (Å²) in [6.07, 6.45) is -11.6. The van der Waals surface area contributed by atoms with Crippen molar-refractivity contribution in [1.29, 1.82) is 0 Å². The van der Waals surface area contributed by atoms with Crippen LogP contribution in [0.25, 0.3) is 0 Å². The molecule has 4 aliphatic rings. The average molecular weight is 757 g/mol. The van der Waals surface area contributed by atoms with E-state index in [-0.39, 0.29) is 18.8 Å². The number of fused-ring (bicyclic) bond motifs is 1. The van der Waals surface area contributed by atoms with Crippen molar-refractivity contribution in [3.8, 4) is 0 Å². The zero-order chi connectivity index (χ0) is 38.7. The fraction of sp³-hybridized carbons (Fsp3) is 0.528. The number of esters is 1. The lowest BCUT2D eigenvalue weighted by Gasteiger charge is -2.50. The zero-order valence-electron chi connectivity index (χ0n) is 29.7. The van der Waals surface area contributed by atoms with Crippen molar-refractivity contribution in [1.82, 2.24) is 20.9 Å². The molecule has 4 fully saturated rings. The molecule has 13 atom stereocenters. The molecular weight excluding hydrogens is 712 g/mol. The Labute approximate surface area is 310 Å². The largest absolute Gasteiger partial charge is 0.464 e. The molecule has 4 heterocycles. The summed E-state index contributed by atoms with van der Waals surface area (Å²) in [6, 6.07) is 11.8. The Hall–Kier alpha value is -4.53. The highest BCUT2D eigenvalue weighted by molar-refractivity contribution is 6.07. The lowest BCUT2D eigenvalue weighted by atomic mass is 9.93. The van der Waals surface area contributed by atoms with E-state index in [0.29, 0.717) is 5.56 Å². The maximum Gasteiger partial charge on any atom is 0.331 e. The van der Waals surface area contributed by atoms with E-state index in [2.05, 4.69) is 16.0 Å². The minimum atomic E-state index is -1.70. The molecule has 4 amide bonds. The van der Waals surface area contributed by atoms with Crippen molar-refractivity contribution in [3.63, 3.8) is 0 Å². The summed E-state index contributed by atoms with van der Waals surface area (Å²) < 4.78 is 35.3. The Morgan fingerprint density at radius 2 is 1.48 bits per heavy atom. The third-order valence-electron chi connectivity index (χ3n) is 9.51. The van der Waals surface area contributed by atoms with Gasteiger partial charge in [-0.05, 0) is 19.1 Å². The highest BCUT2D eigenvalue weighted by atomic mass is 16.8. The van der Waals surface area contributed by atoms with Crippen LogP contribution in [-0.4, -0.2) is 143 Å². The summed E-state index contributed by atoms with van der Waals surface area (Å²) in [7, 11) is 0. The van der Waals surface area contributed by atoms with Gasteiger partial charge in [-0.15, -0.1) is 0 Å². The summed E-state index contributed by atoms with van der Waals surface area (Å²) >= 11 is 0. The van der Waals surface area contributed by atoms with Crippen molar-refractivity contribution in [3.05, 3.63) is 71.8 Å². The highest BCUT2D eigenvalue weighted by Gasteiger charge is 2.62. The Balaban J connectivity index is 1.19. The van der Waals surface area contributed by atoms with Crippen LogP contribution in [0.3, 0.4) is 0 Å². The van der Waals surface area contributed by atoms with E-state index < -0.39 is 116 Å². The van der Waals surface area contributed by atoms with Gasteiger partial charge in [-0.25, -0.2) is 4.79 Å². The second-order valence-corrected chi connectivity index (χ2v) is 13.3. The van der Waals surface area contributed by atoms with Gasteiger partial charge in [0.2, 0.25) is 17.7 Å². The molecule has 4 saturated heterocycles. The summed E-state index contributed by atoms with van der Waals surface area (Å²) in [5.41, 5.74) is 0.925. The van der Waals surface area contributed by atoms with E-state index in [1.165, 1.54) is 19.1 Å². The first kappa shape index (κ1) is 39.2.